The molecule has 1 amide bonds. The molecule has 3 fully saturated rings. The molecule has 1 aromatic heterocycles. The number of benzene rings is 1. The summed E-state index contributed by atoms with van der Waals surface area (Å²) in [6, 6.07) is 13.2. The molecule has 1 unspecified atom stereocenters. The lowest BCUT2D eigenvalue weighted by Gasteiger charge is -2.41. The molecular formula is C22H25N3O. The van der Waals surface area contributed by atoms with Crippen molar-refractivity contribution in [2.45, 2.75) is 31.1 Å². The Morgan fingerprint density at radius 3 is 2.42 bits per heavy atom. The lowest BCUT2D eigenvalue weighted by molar-refractivity contribution is -0.131. The summed E-state index contributed by atoms with van der Waals surface area (Å²) in [5.74, 6) is 1.84. The smallest absolute Gasteiger partial charge is 0.225 e. The largest absolute Gasteiger partial charge is 0.370 e. The average Bonchev–Trinajstić information content (AvgIpc) is 3.38. The summed E-state index contributed by atoms with van der Waals surface area (Å²) in [6.45, 7) is 3.97. The maximum Gasteiger partial charge on any atom is 0.225 e. The number of anilines is 1. The van der Waals surface area contributed by atoms with Crippen molar-refractivity contribution in [3.05, 3.63) is 59.9 Å². The lowest BCUT2D eigenvalue weighted by atomic mass is 9.91. The molecule has 5 rings (SSSR count). The summed E-state index contributed by atoms with van der Waals surface area (Å²) in [7, 11) is 0. The highest BCUT2D eigenvalue weighted by Gasteiger charge is 2.37. The highest BCUT2D eigenvalue weighted by atomic mass is 16.2. The van der Waals surface area contributed by atoms with Crippen LogP contribution in [0.25, 0.3) is 0 Å². The van der Waals surface area contributed by atoms with Crippen LogP contribution in [0.5, 0.6) is 0 Å². The van der Waals surface area contributed by atoms with Gasteiger partial charge >= 0.3 is 0 Å². The Bertz CT molecular complexity index is 779. The van der Waals surface area contributed by atoms with Gasteiger partial charge in [-0.05, 0) is 48.6 Å². The van der Waals surface area contributed by atoms with Gasteiger partial charge in [-0.3, -0.25) is 9.78 Å². The molecule has 1 aliphatic carbocycles. The van der Waals surface area contributed by atoms with Gasteiger partial charge in [-0.1, -0.05) is 18.2 Å². The highest BCUT2D eigenvalue weighted by molar-refractivity contribution is 5.81. The molecular weight excluding hydrogens is 322 g/mol. The Morgan fingerprint density at radius 2 is 1.73 bits per heavy atom. The average molecular weight is 347 g/mol. The molecule has 3 aliphatic rings. The second-order valence-electron chi connectivity index (χ2n) is 8.02. The summed E-state index contributed by atoms with van der Waals surface area (Å²) in [4.78, 5) is 21.0. The Kier molecular flexibility index (Phi) is 3.92. The number of hydrogen-bond acceptors (Lipinski definition) is 3. The van der Waals surface area contributed by atoms with Crippen molar-refractivity contribution < 1.29 is 4.79 Å². The molecule has 0 N–H and O–H groups in total. The first-order valence-electron chi connectivity index (χ1n) is 9.81. The van der Waals surface area contributed by atoms with Crippen LogP contribution >= 0.6 is 0 Å². The van der Waals surface area contributed by atoms with Gasteiger partial charge in [0, 0.05) is 62.0 Å². The Labute approximate surface area is 154 Å². The van der Waals surface area contributed by atoms with E-state index in [1.54, 1.807) is 0 Å². The zero-order chi connectivity index (χ0) is 17.5. The third-order valence-corrected chi connectivity index (χ3v) is 6.19. The van der Waals surface area contributed by atoms with Gasteiger partial charge in [0.2, 0.25) is 5.91 Å². The van der Waals surface area contributed by atoms with Crippen molar-refractivity contribution in [2.24, 2.45) is 5.92 Å². The van der Waals surface area contributed by atoms with Crippen molar-refractivity contribution in [3.8, 4) is 0 Å². The number of aromatic nitrogens is 1. The molecule has 0 spiro atoms. The topological polar surface area (TPSA) is 36.4 Å². The lowest BCUT2D eigenvalue weighted by Crippen LogP contribution is -2.45. The van der Waals surface area contributed by atoms with Crippen molar-refractivity contribution in [2.75, 3.05) is 31.1 Å². The number of carbonyl (C=O) groups excluding carboxylic acids is 1. The van der Waals surface area contributed by atoms with Crippen LogP contribution in [-0.4, -0.2) is 42.0 Å². The Balaban J connectivity index is 1.19. The molecule has 4 nitrogen and oxygen atoms in total. The molecule has 1 saturated carbocycles. The van der Waals surface area contributed by atoms with Crippen LogP contribution in [0.3, 0.4) is 0 Å². The zero-order valence-electron chi connectivity index (χ0n) is 15.1. The van der Waals surface area contributed by atoms with E-state index in [1.807, 2.05) is 18.5 Å². The fraction of sp³-hybridized carbons (Fsp3) is 0.455. The van der Waals surface area contributed by atoms with Gasteiger partial charge in [-0.25, -0.2) is 0 Å². The molecule has 26 heavy (non-hydrogen) atoms. The van der Waals surface area contributed by atoms with Crippen LogP contribution in [0.1, 0.15) is 42.2 Å². The molecule has 0 radical (unpaired) electrons. The van der Waals surface area contributed by atoms with Gasteiger partial charge in [0.15, 0.2) is 0 Å². The van der Waals surface area contributed by atoms with E-state index in [-0.39, 0.29) is 0 Å². The zero-order valence-corrected chi connectivity index (χ0v) is 15.1. The van der Waals surface area contributed by atoms with Gasteiger partial charge in [0.05, 0.1) is 0 Å². The number of hydrogen-bond donors (Lipinski definition) is 0. The molecule has 134 valence electrons. The van der Waals surface area contributed by atoms with Gasteiger partial charge in [-0.2, -0.15) is 0 Å². The second-order valence-corrected chi connectivity index (χ2v) is 8.02. The normalized spacial score (nSPS) is 23.2. The number of likely N-dealkylation sites (tertiary alicyclic amines) is 1. The summed E-state index contributed by atoms with van der Waals surface area (Å²) >= 11 is 0. The van der Waals surface area contributed by atoms with Gasteiger partial charge in [0.1, 0.15) is 0 Å². The third kappa shape index (κ3) is 2.98. The molecule has 1 atom stereocenters. The van der Waals surface area contributed by atoms with E-state index in [4.69, 9.17) is 0 Å². The van der Waals surface area contributed by atoms with E-state index in [2.05, 4.69) is 45.1 Å². The Morgan fingerprint density at radius 1 is 0.923 bits per heavy atom. The quantitative estimate of drug-likeness (QED) is 0.850. The Hall–Kier alpha value is -2.36. The van der Waals surface area contributed by atoms with Crippen molar-refractivity contribution in [1.29, 1.82) is 0 Å². The minimum atomic E-state index is 0.343. The van der Waals surface area contributed by atoms with Crippen molar-refractivity contribution in [3.63, 3.8) is 0 Å². The van der Waals surface area contributed by atoms with Crippen LogP contribution < -0.4 is 4.90 Å². The van der Waals surface area contributed by atoms with Crippen LogP contribution in [0.2, 0.25) is 0 Å². The van der Waals surface area contributed by atoms with Crippen LogP contribution in [0.15, 0.2) is 48.8 Å². The van der Waals surface area contributed by atoms with Crippen LogP contribution in [-0.2, 0) is 4.79 Å². The SMILES string of the molecule is O=C(C1CC1)N1CCC(c2ccc(N3CC(c4cccnc4)C3)cc2)C1. The third-order valence-electron chi connectivity index (χ3n) is 6.19. The standard InChI is InChI=1S/C22H25N3O/c26-22(17-3-4-17)24-11-9-19(13-24)16-5-7-21(8-6-16)25-14-20(15-25)18-2-1-10-23-12-18/h1-2,5-8,10,12,17,19-20H,3-4,9,11,13-15H2. The van der Waals surface area contributed by atoms with Crippen molar-refractivity contribution in [1.82, 2.24) is 9.88 Å². The number of amides is 1. The maximum atomic E-state index is 12.2. The van der Waals surface area contributed by atoms with E-state index in [0.717, 1.165) is 45.4 Å². The van der Waals surface area contributed by atoms with E-state index < -0.39 is 0 Å². The van der Waals surface area contributed by atoms with E-state index in [0.29, 0.717) is 23.7 Å². The predicted molar refractivity (Wildman–Crippen MR) is 102 cm³/mol. The predicted octanol–water partition coefficient (Wildman–Crippen LogP) is 3.41. The monoisotopic (exact) mass is 347 g/mol. The summed E-state index contributed by atoms with van der Waals surface area (Å²) in [5.41, 5.74) is 4.02. The number of rotatable bonds is 4. The summed E-state index contributed by atoms with van der Waals surface area (Å²) in [5, 5.41) is 0. The molecule has 1 aromatic carbocycles. The number of pyridine rings is 1. The summed E-state index contributed by atoms with van der Waals surface area (Å²) < 4.78 is 0. The van der Waals surface area contributed by atoms with E-state index in [9.17, 15) is 4.79 Å². The second kappa shape index (κ2) is 6.42. The molecule has 2 saturated heterocycles. The maximum absolute atomic E-state index is 12.2. The summed E-state index contributed by atoms with van der Waals surface area (Å²) in [6.07, 6.45) is 7.13. The van der Waals surface area contributed by atoms with Crippen LogP contribution in [0, 0.1) is 5.92 Å². The first kappa shape index (κ1) is 15.9. The molecule has 2 aliphatic heterocycles. The molecule has 2 aromatic rings. The fourth-order valence-electron chi connectivity index (χ4n) is 4.30. The first-order chi connectivity index (χ1) is 12.8. The highest BCUT2D eigenvalue weighted by Crippen LogP contribution is 2.36. The van der Waals surface area contributed by atoms with Gasteiger partial charge in [0.25, 0.3) is 0 Å². The number of carbonyl (C=O) groups is 1. The van der Waals surface area contributed by atoms with Gasteiger partial charge < -0.3 is 9.80 Å². The minimum absolute atomic E-state index is 0.343. The molecule has 0 bridgehead atoms. The first-order valence-corrected chi connectivity index (χ1v) is 9.81. The molecule has 4 heteroatoms. The molecule has 3 heterocycles. The van der Waals surface area contributed by atoms with Crippen LogP contribution in [0.4, 0.5) is 5.69 Å². The van der Waals surface area contributed by atoms with Gasteiger partial charge in [-0.15, -0.1) is 0 Å². The van der Waals surface area contributed by atoms with Crippen molar-refractivity contribution >= 4 is 11.6 Å². The van der Waals surface area contributed by atoms with E-state index >= 15 is 0 Å². The fourth-order valence-corrected chi connectivity index (χ4v) is 4.30. The number of nitrogens with zero attached hydrogens (tertiary/aromatic N) is 3. The van der Waals surface area contributed by atoms with E-state index in [1.165, 1.54) is 16.8 Å². The minimum Gasteiger partial charge on any atom is -0.370 e.